The summed E-state index contributed by atoms with van der Waals surface area (Å²) < 4.78 is 21.7. The van der Waals surface area contributed by atoms with Crippen LogP contribution in [0.4, 0.5) is 21.7 Å². The zero-order valence-corrected chi connectivity index (χ0v) is 17.7. The van der Waals surface area contributed by atoms with Gasteiger partial charge in [0.2, 0.25) is 0 Å². The van der Waals surface area contributed by atoms with Crippen LogP contribution in [0.1, 0.15) is 35.7 Å². The minimum Gasteiger partial charge on any atom is -0.381 e. The highest BCUT2D eigenvalue weighted by Gasteiger charge is 2.39. The van der Waals surface area contributed by atoms with Crippen LogP contribution < -0.4 is 21.5 Å². The predicted molar refractivity (Wildman–Crippen MR) is 116 cm³/mol. The summed E-state index contributed by atoms with van der Waals surface area (Å²) in [6.45, 7) is 0. The summed E-state index contributed by atoms with van der Waals surface area (Å²) in [6.07, 6.45) is 4.26. The molecule has 32 heavy (non-hydrogen) atoms. The van der Waals surface area contributed by atoms with E-state index >= 15 is 0 Å². The van der Waals surface area contributed by atoms with Crippen molar-refractivity contribution >= 4 is 28.9 Å². The van der Waals surface area contributed by atoms with Crippen LogP contribution >= 0.6 is 0 Å². The van der Waals surface area contributed by atoms with Crippen LogP contribution in [0, 0.1) is 0 Å². The maximum absolute atomic E-state index is 13.2. The molecule has 1 amide bonds. The summed E-state index contributed by atoms with van der Waals surface area (Å²) in [5.41, 5.74) is 0.742. The van der Waals surface area contributed by atoms with E-state index in [0.717, 1.165) is 12.8 Å². The first-order valence-electron chi connectivity index (χ1n) is 10.5. The monoisotopic (exact) mass is 441 g/mol. The Labute approximate surface area is 182 Å². The SMILES string of the molecule is CNc1cc(Nc2cccn([C@H]3C[C@H](OC)C3)c2=O)nc2c(C(=O)N[C@@H]3C[C@@H]3F)cnn12. The summed E-state index contributed by atoms with van der Waals surface area (Å²) in [5.74, 6) is 0.519. The number of nitrogens with zero attached hydrogens (tertiary/aromatic N) is 4. The molecule has 0 aliphatic heterocycles. The highest BCUT2D eigenvalue weighted by Crippen LogP contribution is 2.33. The number of carbonyl (C=O) groups is 1. The number of halogens is 1. The lowest BCUT2D eigenvalue weighted by atomic mass is 9.89. The van der Waals surface area contributed by atoms with Crippen molar-refractivity contribution < 1.29 is 13.9 Å². The fourth-order valence-corrected chi connectivity index (χ4v) is 3.91. The lowest BCUT2D eigenvalue weighted by Gasteiger charge is -2.35. The number of carbonyl (C=O) groups excluding carboxylic acids is 1. The molecule has 2 saturated carbocycles. The number of amides is 1. The van der Waals surface area contributed by atoms with E-state index in [1.807, 2.05) is 6.07 Å². The Hall–Kier alpha value is -3.47. The molecule has 3 N–H and O–H groups in total. The Morgan fingerprint density at radius 1 is 1.31 bits per heavy atom. The van der Waals surface area contributed by atoms with Crippen molar-refractivity contribution in [3.8, 4) is 0 Å². The van der Waals surface area contributed by atoms with Crippen molar-refractivity contribution in [2.45, 2.75) is 43.6 Å². The smallest absolute Gasteiger partial charge is 0.274 e. The Morgan fingerprint density at radius 2 is 2.09 bits per heavy atom. The van der Waals surface area contributed by atoms with Gasteiger partial charge in [0.25, 0.3) is 11.5 Å². The number of hydrogen-bond acceptors (Lipinski definition) is 7. The minimum absolute atomic E-state index is 0.101. The number of rotatable bonds is 7. The highest BCUT2D eigenvalue weighted by atomic mass is 19.1. The molecule has 0 spiro atoms. The van der Waals surface area contributed by atoms with Gasteiger partial charge in [-0.3, -0.25) is 9.59 Å². The Morgan fingerprint density at radius 3 is 2.78 bits per heavy atom. The lowest BCUT2D eigenvalue weighted by Crippen LogP contribution is -2.37. The first-order valence-corrected chi connectivity index (χ1v) is 10.5. The third kappa shape index (κ3) is 3.58. The summed E-state index contributed by atoms with van der Waals surface area (Å²) in [5, 5.41) is 13.0. The average Bonchev–Trinajstić information content (AvgIpc) is 3.27. The topological polar surface area (TPSA) is 115 Å². The van der Waals surface area contributed by atoms with Gasteiger partial charge in [-0.1, -0.05) is 0 Å². The molecule has 168 valence electrons. The molecule has 0 radical (unpaired) electrons. The fourth-order valence-electron chi connectivity index (χ4n) is 3.91. The lowest BCUT2D eigenvalue weighted by molar-refractivity contribution is 0.00522. The number of hydrogen-bond donors (Lipinski definition) is 3. The normalized spacial score (nSPS) is 24.1. The molecule has 0 unspecified atom stereocenters. The molecule has 2 aliphatic rings. The van der Waals surface area contributed by atoms with Gasteiger partial charge in [0.15, 0.2) is 5.65 Å². The maximum atomic E-state index is 13.2. The number of ether oxygens (including phenoxy) is 1. The first kappa shape index (κ1) is 20.4. The number of pyridine rings is 1. The molecule has 2 atom stereocenters. The zero-order chi connectivity index (χ0) is 22.4. The number of alkyl halides is 1. The summed E-state index contributed by atoms with van der Waals surface area (Å²) in [6, 6.07) is 4.83. The van der Waals surface area contributed by atoms with E-state index in [2.05, 4.69) is 26.0 Å². The molecule has 0 saturated heterocycles. The first-order chi connectivity index (χ1) is 15.5. The predicted octanol–water partition coefficient (Wildman–Crippen LogP) is 1.87. The van der Waals surface area contributed by atoms with Crippen molar-refractivity contribution in [1.29, 1.82) is 0 Å². The van der Waals surface area contributed by atoms with Crippen molar-refractivity contribution in [1.82, 2.24) is 24.5 Å². The van der Waals surface area contributed by atoms with E-state index in [-0.39, 0.29) is 23.3 Å². The third-order valence-corrected chi connectivity index (χ3v) is 6.04. The Kier molecular flexibility index (Phi) is 5.04. The van der Waals surface area contributed by atoms with Gasteiger partial charge in [-0.25, -0.2) is 9.37 Å². The molecule has 3 aromatic heterocycles. The largest absolute Gasteiger partial charge is 0.381 e. The van der Waals surface area contributed by atoms with Gasteiger partial charge in [0, 0.05) is 38.9 Å². The molecule has 3 aromatic rings. The summed E-state index contributed by atoms with van der Waals surface area (Å²) >= 11 is 0. The number of fused-ring (bicyclic) bond motifs is 1. The van der Waals surface area contributed by atoms with Gasteiger partial charge >= 0.3 is 0 Å². The van der Waals surface area contributed by atoms with Crippen LogP contribution in [-0.2, 0) is 4.74 Å². The van der Waals surface area contributed by atoms with Gasteiger partial charge in [0.1, 0.15) is 29.1 Å². The van der Waals surface area contributed by atoms with Crippen molar-refractivity contribution in [3.05, 3.63) is 46.5 Å². The van der Waals surface area contributed by atoms with Gasteiger partial charge < -0.3 is 25.3 Å². The van der Waals surface area contributed by atoms with Crippen molar-refractivity contribution in [2.75, 3.05) is 24.8 Å². The van der Waals surface area contributed by atoms with E-state index in [0.29, 0.717) is 29.4 Å². The number of anilines is 3. The molecule has 5 rings (SSSR count). The number of nitrogens with one attached hydrogen (secondary N) is 3. The van der Waals surface area contributed by atoms with E-state index in [1.54, 1.807) is 37.1 Å². The van der Waals surface area contributed by atoms with Gasteiger partial charge in [-0.05, 0) is 25.0 Å². The zero-order valence-electron chi connectivity index (χ0n) is 17.7. The standard InChI is InChI=1S/C21H24FN7O3/c1-23-18-9-17(25-15-4-3-5-28(21(15)31)11-6-12(7-11)32-2)27-19-13(10-24-29(18)19)20(30)26-16-8-14(16)22/h3-5,9-12,14,16,23H,6-8H2,1-2H3,(H,25,27)(H,26,30)/t11-,12-,14-,16+/m0/s1. The van der Waals surface area contributed by atoms with E-state index in [9.17, 15) is 14.0 Å². The van der Waals surface area contributed by atoms with E-state index in [1.165, 1.54) is 10.7 Å². The van der Waals surface area contributed by atoms with E-state index in [4.69, 9.17) is 4.74 Å². The average molecular weight is 441 g/mol. The highest BCUT2D eigenvalue weighted by molar-refractivity contribution is 6.00. The summed E-state index contributed by atoms with van der Waals surface area (Å²) in [4.78, 5) is 30.1. The number of aromatic nitrogens is 4. The van der Waals surface area contributed by atoms with Gasteiger partial charge in [-0.2, -0.15) is 9.61 Å². The van der Waals surface area contributed by atoms with Crippen LogP contribution in [0.25, 0.3) is 5.65 Å². The Balaban J connectivity index is 1.45. The molecule has 2 fully saturated rings. The fraction of sp³-hybridized carbons (Fsp3) is 0.429. The van der Waals surface area contributed by atoms with Crippen LogP contribution in [0.2, 0.25) is 0 Å². The molecule has 11 heteroatoms. The van der Waals surface area contributed by atoms with Crippen LogP contribution in [0.15, 0.2) is 35.4 Å². The molecular formula is C21H24FN7O3. The van der Waals surface area contributed by atoms with Crippen LogP contribution in [-0.4, -0.2) is 57.5 Å². The molecule has 0 bridgehead atoms. The molecule has 10 nitrogen and oxygen atoms in total. The second kappa shape index (κ2) is 7.90. The second-order valence-corrected chi connectivity index (χ2v) is 8.14. The van der Waals surface area contributed by atoms with Crippen LogP contribution in [0.5, 0.6) is 0 Å². The van der Waals surface area contributed by atoms with Crippen LogP contribution in [0.3, 0.4) is 0 Å². The minimum atomic E-state index is -1.01. The number of methoxy groups -OCH3 is 1. The molecule has 0 aromatic carbocycles. The van der Waals surface area contributed by atoms with Gasteiger partial charge in [0.05, 0.1) is 18.3 Å². The van der Waals surface area contributed by atoms with Crippen molar-refractivity contribution in [3.63, 3.8) is 0 Å². The molecular weight excluding hydrogens is 417 g/mol. The Bertz CT molecular complexity index is 1230. The summed E-state index contributed by atoms with van der Waals surface area (Å²) in [7, 11) is 3.39. The maximum Gasteiger partial charge on any atom is 0.274 e. The molecule has 2 aliphatic carbocycles. The second-order valence-electron chi connectivity index (χ2n) is 8.14. The van der Waals surface area contributed by atoms with Gasteiger partial charge in [-0.15, -0.1) is 0 Å². The van der Waals surface area contributed by atoms with Crippen molar-refractivity contribution in [2.24, 2.45) is 0 Å². The third-order valence-electron chi connectivity index (χ3n) is 6.04. The molecule has 3 heterocycles. The van der Waals surface area contributed by atoms with E-state index < -0.39 is 18.1 Å². The quantitative estimate of drug-likeness (QED) is 0.513.